The molecular formula is C12H23N5OS. The Morgan fingerprint density at radius 2 is 1.95 bits per heavy atom. The van der Waals surface area contributed by atoms with Gasteiger partial charge in [0.1, 0.15) is 18.0 Å². The molecule has 0 aliphatic heterocycles. The highest BCUT2D eigenvalue weighted by atomic mass is 32.2. The highest BCUT2D eigenvalue weighted by molar-refractivity contribution is 7.84. The van der Waals surface area contributed by atoms with Crippen LogP contribution in [0.5, 0.6) is 0 Å². The van der Waals surface area contributed by atoms with Crippen LogP contribution in [0.2, 0.25) is 0 Å². The second-order valence-corrected chi connectivity index (χ2v) is 6.45. The number of aromatic nitrogens is 2. The largest absolute Gasteiger partial charge is 0.367 e. The van der Waals surface area contributed by atoms with E-state index in [9.17, 15) is 4.21 Å². The molecular weight excluding hydrogens is 262 g/mol. The van der Waals surface area contributed by atoms with Gasteiger partial charge in [0.15, 0.2) is 0 Å². The summed E-state index contributed by atoms with van der Waals surface area (Å²) in [5.74, 6) is 7.83. The van der Waals surface area contributed by atoms with Crippen LogP contribution < -0.4 is 16.6 Å². The number of anilines is 2. The molecule has 1 aromatic rings. The molecule has 0 saturated carbocycles. The lowest BCUT2D eigenvalue weighted by molar-refractivity contribution is 0.677. The number of hydrazine groups is 1. The van der Waals surface area contributed by atoms with E-state index in [0.29, 0.717) is 11.6 Å². The highest BCUT2D eigenvalue weighted by Gasteiger charge is 2.15. The van der Waals surface area contributed by atoms with E-state index >= 15 is 0 Å². The van der Waals surface area contributed by atoms with Gasteiger partial charge in [-0.25, -0.2) is 15.8 Å². The molecule has 4 N–H and O–H groups in total. The second kappa shape index (κ2) is 7.40. The third kappa shape index (κ3) is 4.76. The number of hydrogen-bond donors (Lipinski definition) is 3. The van der Waals surface area contributed by atoms with E-state index in [1.54, 1.807) is 6.26 Å². The summed E-state index contributed by atoms with van der Waals surface area (Å²) in [7, 11) is -0.769. The molecule has 1 rings (SSSR count). The SMILES string of the molecule is CC(CCS(C)=O)Nc1ncnc(NN)c1C(C)C. The van der Waals surface area contributed by atoms with E-state index in [-0.39, 0.29) is 12.0 Å². The van der Waals surface area contributed by atoms with Crippen molar-refractivity contribution in [3.8, 4) is 0 Å². The number of nitrogens with two attached hydrogens (primary N) is 1. The summed E-state index contributed by atoms with van der Waals surface area (Å²) >= 11 is 0. The zero-order chi connectivity index (χ0) is 14.4. The minimum Gasteiger partial charge on any atom is -0.367 e. The summed E-state index contributed by atoms with van der Waals surface area (Å²) < 4.78 is 11.1. The van der Waals surface area contributed by atoms with Gasteiger partial charge in [-0.3, -0.25) is 4.21 Å². The monoisotopic (exact) mass is 285 g/mol. The van der Waals surface area contributed by atoms with Crippen molar-refractivity contribution in [2.24, 2.45) is 5.84 Å². The third-order valence-electron chi connectivity index (χ3n) is 2.82. The van der Waals surface area contributed by atoms with Crippen molar-refractivity contribution < 1.29 is 4.21 Å². The van der Waals surface area contributed by atoms with Crippen LogP contribution in [0.4, 0.5) is 11.6 Å². The molecule has 7 heteroatoms. The van der Waals surface area contributed by atoms with Gasteiger partial charge in [0.25, 0.3) is 0 Å². The molecule has 2 atom stereocenters. The average molecular weight is 285 g/mol. The average Bonchev–Trinajstić information content (AvgIpc) is 2.35. The van der Waals surface area contributed by atoms with Gasteiger partial charge in [0.2, 0.25) is 0 Å². The maximum atomic E-state index is 11.1. The molecule has 0 amide bonds. The fourth-order valence-corrected chi connectivity index (χ4v) is 2.51. The Labute approximate surface area is 117 Å². The molecule has 0 bridgehead atoms. The van der Waals surface area contributed by atoms with Gasteiger partial charge in [-0.1, -0.05) is 13.8 Å². The minimum absolute atomic E-state index is 0.196. The van der Waals surface area contributed by atoms with Crippen molar-refractivity contribution in [1.82, 2.24) is 9.97 Å². The van der Waals surface area contributed by atoms with Crippen LogP contribution in [0.15, 0.2) is 6.33 Å². The van der Waals surface area contributed by atoms with Crippen LogP contribution in [0.1, 0.15) is 38.7 Å². The van der Waals surface area contributed by atoms with Crippen molar-refractivity contribution >= 4 is 22.4 Å². The fourth-order valence-electron chi connectivity index (χ4n) is 1.82. The molecule has 0 aliphatic rings. The molecule has 0 aliphatic carbocycles. The van der Waals surface area contributed by atoms with Gasteiger partial charge in [0, 0.05) is 34.4 Å². The maximum absolute atomic E-state index is 11.1. The molecule has 6 nitrogen and oxygen atoms in total. The van der Waals surface area contributed by atoms with Crippen molar-refractivity contribution in [1.29, 1.82) is 0 Å². The number of rotatable bonds is 7. The highest BCUT2D eigenvalue weighted by Crippen LogP contribution is 2.28. The molecule has 0 radical (unpaired) electrons. The Morgan fingerprint density at radius 3 is 2.47 bits per heavy atom. The molecule has 19 heavy (non-hydrogen) atoms. The van der Waals surface area contributed by atoms with Gasteiger partial charge in [-0.2, -0.15) is 0 Å². The fraction of sp³-hybridized carbons (Fsp3) is 0.667. The smallest absolute Gasteiger partial charge is 0.148 e. The van der Waals surface area contributed by atoms with Crippen LogP contribution in [0.3, 0.4) is 0 Å². The Kier molecular flexibility index (Phi) is 6.17. The van der Waals surface area contributed by atoms with E-state index in [1.807, 2.05) is 0 Å². The molecule has 1 aromatic heterocycles. The van der Waals surface area contributed by atoms with Crippen LogP contribution in [-0.2, 0) is 10.8 Å². The van der Waals surface area contributed by atoms with Gasteiger partial charge >= 0.3 is 0 Å². The van der Waals surface area contributed by atoms with Crippen LogP contribution in [0, 0.1) is 0 Å². The van der Waals surface area contributed by atoms with Crippen molar-refractivity contribution in [3.63, 3.8) is 0 Å². The van der Waals surface area contributed by atoms with Crippen molar-refractivity contribution in [3.05, 3.63) is 11.9 Å². The quantitative estimate of drug-likeness (QED) is 0.519. The summed E-state index contributed by atoms with van der Waals surface area (Å²) in [5, 5.41) is 3.34. The molecule has 1 heterocycles. The standard InChI is InChI=1S/C12H23N5OS/c1-8(2)10-11(14-7-15-12(10)17-13)16-9(3)5-6-19(4)18/h7-9H,5-6,13H2,1-4H3,(H2,14,15,16,17). The molecule has 0 aromatic carbocycles. The van der Waals surface area contributed by atoms with Gasteiger partial charge in [-0.15, -0.1) is 0 Å². The first-order valence-corrected chi connectivity index (χ1v) is 8.06. The zero-order valence-corrected chi connectivity index (χ0v) is 12.8. The maximum Gasteiger partial charge on any atom is 0.148 e. The topological polar surface area (TPSA) is 92.9 Å². The van der Waals surface area contributed by atoms with E-state index in [1.165, 1.54) is 6.33 Å². The molecule has 2 unspecified atom stereocenters. The normalized spacial score (nSPS) is 14.2. The summed E-state index contributed by atoms with van der Waals surface area (Å²) in [6.45, 7) is 6.18. The first kappa shape index (κ1) is 15.8. The lowest BCUT2D eigenvalue weighted by Crippen LogP contribution is -2.21. The summed E-state index contributed by atoms with van der Waals surface area (Å²) in [6.07, 6.45) is 4.03. The lowest BCUT2D eigenvalue weighted by atomic mass is 10.0. The van der Waals surface area contributed by atoms with Gasteiger partial charge in [-0.05, 0) is 19.3 Å². The summed E-state index contributed by atoms with van der Waals surface area (Å²) in [5.41, 5.74) is 3.57. The first-order chi connectivity index (χ1) is 8.95. The Morgan fingerprint density at radius 1 is 1.32 bits per heavy atom. The Balaban J connectivity index is 2.85. The first-order valence-electron chi connectivity index (χ1n) is 6.33. The van der Waals surface area contributed by atoms with Crippen LogP contribution in [0.25, 0.3) is 0 Å². The second-order valence-electron chi connectivity index (χ2n) is 4.89. The number of nitrogens with one attached hydrogen (secondary N) is 2. The van der Waals surface area contributed by atoms with E-state index in [2.05, 4.69) is 41.5 Å². The predicted molar refractivity (Wildman–Crippen MR) is 80.6 cm³/mol. The summed E-state index contributed by atoms with van der Waals surface area (Å²) in [4.78, 5) is 8.41. The van der Waals surface area contributed by atoms with E-state index in [0.717, 1.165) is 17.8 Å². The van der Waals surface area contributed by atoms with Crippen molar-refractivity contribution in [2.75, 3.05) is 22.8 Å². The van der Waals surface area contributed by atoms with Crippen LogP contribution in [-0.4, -0.2) is 32.2 Å². The molecule has 0 spiro atoms. The Hall–Kier alpha value is -1.21. The third-order valence-corrected chi connectivity index (χ3v) is 3.63. The predicted octanol–water partition coefficient (Wildman–Crippen LogP) is 1.45. The van der Waals surface area contributed by atoms with Gasteiger partial charge < -0.3 is 10.7 Å². The number of hydrogen-bond acceptors (Lipinski definition) is 6. The van der Waals surface area contributed by atoms with Gasteiger partial charge in [0.05, 0.1) is 0 Å². The number of nitrogens with zero attached hydrogens (tertiary/aromatic N) is 2. The van der Waals surface area contributed by atoms with E-state index in [4.69, 9.17) is 5.84 Å². The van der Waals surface area contributed by atoms with Crippen molar-refractivity contribution in [2.45, 2.75) is 39.2 Å². The molecule has 0 fully saturated rings. The lowest BCUT2D eigenvalue weighted by Gasteiger charge is -2.20. The minimum atomic E-state index is -0.769. The van der Waals surface area contributed by atoms with Crippen LogP contribution >= 0.6 is 0 Å². The summed E-state index contributed by atoms with van der Waals surface area (Å²) in [6, 6.07) is 0.196. The van der Waals surface area contributed by atoms with E-state index < -0.39 is 10.8 Å². The zero-order valence-electron chi connectivity index (χ0n) is 11.9. The Bertz CT molecular complexity index is 438. The molecule has 0 saturated heterocycles. The number of nitrogen functional groups attached to an aromatic ring is 1. The molecule has 108 valence electrons.